The lowest BCUT2D eigenvalue weighted by Crippen LogP contribution is -2.03. The molecule has 1 aromatic carbocycles. The Morgan fingerprint density at radius 3 is 2.55 bits per heavy atom. The van der Waals surface area contributed by atoms with Crippen molar-refractivity contribution in [1.29, 1.82) is 0 Å². The Kier molecular flexibility index (Phi) is 3.70. The molecule has 1 aliphatic rings. The molecule has 0 aliphatic heterocycles. The average molecular weight is 294 g/mol. The highest BCUT2D eigenvalue weighted by molar-refractivity contribution is 7.16. The van der Waals surface area contributed by atoms with Gasteiger partial charge < -0.3 is 5.73 Å². The fourth-order valence-electron chi connectivity index (χ4n) is 2.72. The number of rotatable bonds is 2. The van der Waals surface area contributed by atoms with E-state index in [0.717, 1.165) is 30.0 Å². The first-order valence-electron chi connectivity index (χ1n) is 6.87. The van der Waals surface area contributed by atoms with Crippen LogP contribution in [0.15, 0.2) is 18.2 Å². The third kappa shape index (κ3) is 2.54. The Morgan fingerprint density at radius 1 is 1.10 bits per heavy atom. The van der Waals surface area contributed by atoms with Gasteiger partial charge in [-0.25, -0.2) is 13.8 Å². The fraction of sp³-hybridized carbons (Fsp3) is 0.400. The number of hydrogen-bond acceptors (Lipinski definition) is 3. The van der Waals surface area contributed by atoms with Gasteiger partial charge in [-0.05, 0) is 31.0 Å². The quantitative estimate of drug-likeness (QED) is 0.870. The van der Waals surface area contributed by atoms with Crippen molar-refractivity contribution in [2.75, 3.05) is 5.73 Å². The van der Waals surface area contributed by atoms with Gasteiger partial charge in [0.05, 0.1) is 5.01 Å². The van der Waals surface area contributed by atoms with Gasteiger partial charge in [-0.2, -0.15) is 0 Å². The summed E-state index contributed by atoms with van der Waals surface area (Å²) >= 11 is 1.48. The summed E-state index contributed by atoms with van der Waals surface area (Å²) in [5.41, 5.74) is 7.13. The summed E-state index contributed by atoms with van der Waals surface area (Å²) in [5, 5.41) is 1.61. The van der Waals surface area contributed by atoms with E-state index in [4.69, 9.17) is 5.73 Å². The molecule has 2 N–H and O–H groups in total. The van der Waals surface area contributed by atoms with Gasteiger partial charge in [0.1, 0.15) is 10.7 Å². The van der Waals surface area contributed by atoms with E-state index in [1.54, 1.807) is 0 Å². The highest BCUT2D eigenvalue weighted by Gasteiger charge is 2.21. The van der Waals surface area contributed by atoms with Crippen molar-refractivity contribution < 1.29 is 8.78 Å². The van der Waals surface area contributed by atoms with Crippen LogP contribution in [0.2, 0.25) is 0 Å². The Labute approximate surface area is 120 Å². The molecule has 1 heterocycles. The predicted molar refractivity (Wildman–Crippen MR) is 77.7 cm³/mol. The van der Waals surface area contributed by atoms with Crippen LogP contribution in [0.1, 0.15) is 43.0 Å². The van der Waals surface area contributed by atoms with Gasteiger partial charge in [-0.3, -0.25) is 0 Å². The maximum Gasteiger partial charge on any atom is 0.159 e. The van der Waals surface area contributed by atoms with E-state index in [0.29, 0.717) is 22.2 Å². The summed E-state index contributed by atoms with van der Waals surface area (Å²) in [5.74, 6) is -1.25. The number of nitrogens with zero attached hydrogens (tertiary/aromatic N) is 1. The smallest absolute Gasteiger partial charge is 0.159 e. The maximum atomic E-state index is 13.3. The molecule has 0 radical (unpaired) electrons. The number of aromatic nitrogens is 1. The zero-order valence-electron chi connectivity index (χ0n) is 11.0. The van der Waals surface area contributed by atoms with Crippen LogP contribution < -0.4 is 5.73 Å². The highest BCUT2D eigenvalue weighted by atomic mass is 32.1. The van der Waals surface area contributed by atoms with E-state index in [1.165, 1.54) is 36.7 Å². The van der Waals surface area contributed by atoms with Crippen molar-refractivity contribution in [2.24, 2.45) is 0 Å². The van der Waals surface area contributed by atoms with Gasteiger partial charge in [0, 0.05) is 11.5 Å². The molecular formula is C15H16F2N2S. The standard InChI is InChI=1S/C15H16F2N2S/c16-11-7-6-10(8-12(11)17)13-14(18)20-15(19-13)9-4-2-1-3-5-9/h6-9H,1-5,18H2. The molecule has 3 rings (SSSR count). The average Bonchev–Trinajstić information content (AvgIpc) is 2.85. The van der Waals surface area contributed by atoms with Crippen molar-refractivity contribution in [3.05, 3.63) is 34.8 Å². The lowest BCUT2D eigenvalue weighted by Gasteiger charge is -2.18. The summed E-state index contributed by atoms with van der Waals surface area (Å²) in [4.78, 5) is 4.58. The van der Waals surface area contributed by atoms with Crippen molar-refractivity contribution in [3.63, 3.8) is 0 Å². The van der Waals surface area contributed by atoms with E-state index in [-0.39, 0.29) is 0 Å². The third-order valence-electron chi connectivity index (χ3n) is 3.82. The van der Waals surface area contributed by atoms with Gasteiger partial charge in [-0.15, -0.1) is 11.3 Å². The van der Waals surface area contributed by atoms with Crippen molar-refractivity contribution in [1.82, 2.24) is 4.98 Å². The molecule has 0 bridgehead atoms. The van der Waals surface area contributed by atoms with Crippen LogP contribution >= 0.6 is 11.3 Å². The molecule has 1 aliphatic carbocycles. The van der Waals surface area contributed by atoms with Crippen molar-refractivity contribution >= 4 is 16.3 Å². The van der Waals surface area contributed by atoms with Crippen LogP contribution in [-0.4, -0.2) is 4.98 Å². The summed E-state index contributed by atoms with van der Waals surface area (Å²) in [6.07, 6.45) is 6.02. The third-order valence-corrected chi connectivity index (χ3v) is 4.86. The molecule has 20 heavy (non-hydrogen) atoms. The maximum absolute atomic E-state index is 13.3. The van der Waals surface area contributed by atoms with Crippen molar-refractivity contribution in [2.45, 2.75) is 38.0 Å². The lowest BCUT2D eigenvalue weighted by molar-refractivity contribution is 0.442. The molecule has 1 aromatic heterocycles. The van der Waals surface area contributed by atoms with Crippen LogP contribution in [0.25, 0.3) is 11.3 Å². The first-order valence-corrected chi connectivity index (χ1v) is 7.68. The van der Waals surface area contributed by atoms with Gasteiger partial charge in [0.2, 0.25) is 0 Å². The minimum absolute atomic E-state index is 0.468. The second kappa shape index (κ2) is 5.48. The number of thiazole rings is 1. The van der Waals surface area contributed by atoms with Gasteiger partial charge >= 0.3 is 0 Å². The molecule has 0 unspecified atom stereocenters. The van der Waals surface area contributed by atoms with Gasteiger partial charge in [0.25, 0.3) is 0 Å². The minimum atomic E-state index is -0.867. The van der Waals surface area contributed by atoms with E-state index in [1.807, 2.05) is 0 Å². The summed E-state index contributed by atoms with van der Waals surface area (Å²) < 4.78 is 26.3. The van der Waals surface area contributed by atoms with Crippen LogP contribution in [0.3, 0.4) is 0 Å². The predicted octanol–water partition coefficient (Wildman–Crippen LogP) is 4.72. The Balaban J connectivity index is 1.93. The Bertz CT molecular complexity index is 618. The van der Waals surface area contributed by atoms with Crippen molar-refractivity contribution in [3.8, 4) is 11.3 Å². The molecular weight excluding hydrogens is 278 g/mol. The Hall–Kier alpha value is -1.49. The van der Waals surface area contributed by atoms with E-state index in [9.17, 15) is 8.78 Å². The molecule has 1 saturated carbocycles. The van der Waals surface area contributed by atoms with Crippen LogP contribution in [0.4, 0.5) is 13.8 Å². The van der Waals surface area contributed by atoms with Crippen LogP contribution in [-0.2, 0) is 0 Å². The number of anilines is 1. The second-order valence-corrected chi connectivity index (χ2v) is 6.29. The van der Waals surface area contributed by atoms with Crippen LogP contribution in [0.5, 0.6) is 0 Å². The van der Waals surface area contributed by atoms with Gasteiger partial charge in [-0.1, -0.05) is 19.3 Å². The number of benzene rings is 1. The van der Waals surface area contributed by atoms with E-state index in [2.05, 4.69) is 4.98 Å². The molecule has 0 spiro atoms. The zero-order chi connectivity index (χ0) is 14.1. The molecule has 106 valence electrons. The largest absolute Gasteiger partial charge is 0.389 e. The van der Waals surface area contributed by atoms with Gasteiger partial charge in [0.15, 0.2) is 11.6 Å². The molecule has 2 nitrogen and oxygen atoms in total. The molecule has 0 amide bonds. The molecule has 0 atom stereocenters. The van der Waals surface area contributed by atoms with Crippen LogP contribution in [0, 0.1) is 11.6 Å². The number of nitrogen functional groups attached to an aromatic ring is 1. The molecule has 0 saturated heterocycles. The Morgan fingerprint density at radius 2 is 1.85 bits per heavy atom. The summed E-state index contributed by atoms with van der Waals surface area (Å²) in [6, 6.07) is 3.80. The normalized spacial score (nSPS) is 16.5. The van der Waals surface area contributed by atoms with E-state index < -0.39 is 11.6 Å². The zero-order valence-corrected chi connectivity index (χ0v) is 11.9. The summed E-state index contributed by atoms with van der Waals surface area (Å²) in [7, 11) is 0. The minimum Gasteiger partial charge on any atom is -0.389 e. The second-order valence-electron chi connectivity index (χ2n) is 5.23. The van der Waals surface area contributed by atoms with E-state index >= 15 is 0 Å². The SMILES string of the molecule is Nc1sc(C2CCCCC2)nc1-c1ccc(F)c(F)c1. The topological polar surface area (TPSA) is 38.9 Å². The number of nitrogens with two attached hydrogens (primary N) is 1. The first-order chi connectivity index (χ1) is 9.65. The molecule has 1 fully saturated rings. The number of hydrogen-bond donors (Lipinski definition) is 1. The monoisotopic (exact) mass is 294 g/mol. The first kappa shape index (κ1) is 13.5. The molecule has 2 aromatic rings. The fourth-order valence-corrected chi connectivity index (χ4v) is 3.75. The summed E-state index contributed by atoms with van der Waals surface area (Å²) in [6.45, 7) is 0. The highest BCUT2D eigenvalue weighted by Crippen LogP contribution is 2.39. The lowest BCUT2D eigenvalue weighted by atomic mass is 9.90. The number of halogens is 2. The molecule has 5 heteroatoms.